The first-order valence-corrected chi connectivity index (χ1v) is 6.91. The Morgan fingerprint density at radius 2 is 1.88 bits per heavy atom. The number of ether oxygens (including phenoxy) is 1. The van der Waals surface area contributed by atoms with E-state index < -0.39 is 0 Å². The predicted molar refractivity (Wildman–Crippen MR) is 75.1 cm³/mol. The number of hydrogen-bond acceptors (Lipinski definition) is 2. The quantitative estimate of drug-likeness (QED) is 0.903. The van der Waals surface area contributed by atoms with Crippen molar-refractivity contribution in [1.29, 1.82) is 0 Å². The number of nitrogens with one attached hydrogen (secondary N) is 1. The van der Waals surface area contributed by atoms with Crippen LogP contribution in [0.4, 0.5) is 0 Å². The lowest BCUT2D eigenvalue weighted by Crippen LogP contribution is -2.11. The van der Waals surface area contributed by atoms with Crippen molar-refractivity contribution < 1.29 is 4.74 Å². The van der Waals surface area contributed by atoms with Gasteiger partial charge in [0.25, 0.3) is 0 Å². The molecule has 0 radical (unpaired) electrons. The molecule has 1 aliphatic rings. The largest absolute Gasteiger partial charge is 0.495 e. The van der Waals surface area contributed by atoms with Crippen LogP contribution < -0.4 is 10.1 Å². The first-order valence-electron chi connectivity index (χ1n) is 6.11. The zero-order chi connectivity index (χ0) is 12.6. The summed E-state index contributed by atoms with van der Waals surface area (Å²) in [6.45, 7) is 8.77. The van der Waals surface area contributed by atoms with Crippen LogP contribution in [-0.2, 0) is 0 Å². The fraction of sp³-hybridized carbons (Fsp3) is 0.571. The number of halogens is 1. The molecule has 0 amide bonds. The molecule has 0 aliphatic carbocycles. The molecule has 1 saturated heterocycles. The van der Waals surface area contributed by atoms with Crippen molar-refractivity contribution in [2.75, 3.05) is 20.2 Å². The van der Waals surface area contributed by atoms with Crippen LogP contribution >= 0.6 is 15.9 Å². The van der Waals surface area contributed by atoms with E-state index in [0.29, 0.717) is 5.92 Å². The van der Waals surface area contributed by atoms with Gasteiger partial charge in [0.05, 0.1) is 11.6 Å². The maximum atomic E-state index is 5.49. The molecule has 0 bridgehead atoms. The summed E-state index contributed by atoms with van der Waals surface area (Å²) in [6.07, 6.45) is 1.24. The molecular weight excluding hydrogens is 278 g/mol. The summed E-state index contributed by atoms with van der Waals surface area (Å²) in [4.78, 5) is 0. The van der Waals surface area contributed by atoms with E-state index in [2.05, 4.69) is 42.0 Å². The Kier molecular flexibility index (Phi) is 3.79. The molecule has 2 nitrogen and oxygen atoms in total. The molecule has 1 heterocycles. The molecule has 3 heteroatoms. The summed E-state index contributed by atoms with van der Waals surface area (Å²) in [5.74, 6) is 1.63. The Morgan fingerprint density at radius 3 is 2.41 bits per heavy atom. The maximum absolute atomic E-state index is 5.49. The maximum Gasteiger partial charge on any atom is 0.136 e. The summed E-state index contributed by atoms with van der Waals surface area (Å²) in [5, 5.41) is 3.45. The SMILES string of the molecule is COc1c(C)c(C)c(C2CCNC2)c(C)c1Br. The Balaban J connectivity index is 2.59. The van der Waals surface area contributed by atoms with E-state index in [1.807, 2.05) is 0 Å². The van der Waals surface area contributed by atoms with E-state index in [0.717, 1.165) is 23.3 Å². The number of methoxy groups -OCH3 is 1. The van der Waals surface area contributed by atoms with Gasteiger partial charge in [-0.1, -0.05) is 0 Å². The fourth-order valence-electron chi connectivity index (χ4n) is 2.86. The lowest BCUT2D eigenvalue weighted by Gasteiger charge is -2.22. The van der Waals surface area contributed by atoms with Gasteiger partial charge >= 0.3 is 0 Å². The Morgan fingerprint density at radius 1 is 1.18 bits per heavy atom. The highest BCUT2D eigenvalue weighted by atomic mass is 79.9. The van der Waals surface area contributed by atoms with Crippen molar-refractivity contribution in [2.24, 2.45) is 0 Å². The highest BCUT2D eigenvalue weighted by molar-refractivity contribution is 9.10. The van der Waals surface area contributed by atoms with Crippen molar-refractivity contribution in [3.63, 3.8) is 0 Å². The van der Waals surface area contributed by atoms with E-state index in [9.17, 15) is 0 Å². The monoisotopic (exact) mass is 297 g/mol. The minimum absolute atomic E-state index is 0.649. The van der Waals surface area contributed by atoms with Crippen LogP contribution in [0.25, 0.3) is 0 Å². The molecule has 0 saturated carbocycles. The number of benzene rings is 1. The highest BCUT2D eigenvalue weighted by Gasteiger charge is 2.24. The van der Waals surface area contributed by atoms with Crippen LogP contribution in [0.15, 0.2) is 4.47 Å². The first-order chi connectivity index (χ1) is 8.07. The fourth-order valence-corrected chi connectivity index (χ4v) is 3.54. The molecule has 1 N–H and O–H groups in total. The Bertz CT molecular complexity index is 407. The lowest BCUT2D eigenvalue weighted by molar-refractivity contribution is 0.407. The van der Waals surface area contributed by atoms with Crippen LogP contribution in [0.5, 0.6) is 5.75 Å². The smallest absolute Gasteiger partial charge is 0.136 e. The lowest BCUT2D eigenvalue weighted by atomic mass is 9.87. The van der Waals surface area contributed by atoms with Crippen molar-refractivity contribution in [2.45, 2.75) is 33.1 Å². The summed E-state index contributed by atoms with van der Waals surface area (Å²) < 4.78 is 6.61. The number of rotatable bonds is 2. The topological polar surface area (TPSA) is 21.3 Å². The van der Waals surface area contributed by atoms with Crippen molar-refractivity contribution >= 4 is 15.9 Å². The minimum Gasteiger partial charge on any atom is -0.495 e. The van der Waals surface area contributed by atoms with E-state index in [1.165, 1.54) is 28.7 Å². The van der Waals surface area contributed by atoms with Crippen LogP contribution in [0.2, 0.25) is 0 Å². The molecule has 2 rings (SSSR count). The van der Waals surface area contributed by atoms with Crippen LogP contribution in [-0.4, -0.2) is 20.2 Å². The second-order valence-electron chi connectivity index (χ2n) is 4.83. The summed E-state index contributed by atoms with van der Waals surface area (Å²) in [7, 11) is 1.74. The van der Waals surface area contributed by atoms with E-state index >= 15 is 0 Å². The minimum atomic E-state index is 0.649. The van der Waals surface area contributed by atoms with Gasteiger partial charge in [-0.25, -0.2) is 0 Å². The summed E-state index contributed by atoms with van der Waals surface area (Å²) >= 11 is 3.68. The van der Waals surface area contributed by atoms with Gasteiger partial charge < -0.3 is 10.1 Å². The van der Waals surface area contributed by atoms with E-state index in [-0.39, 0.29) is 0 Å². The third-order valence-electron chi connectivity index (χ3n) is 3.91. The van der Waals surface area contributed by atoms with Crippen molar-refractivity contribution in [3.8, 4) is 5.75 Å². The highest BCUT2D eigenvalue weighted by Crippen LogP contribution is 2.41. The molecule has 1 aromatic carbocycles. The molecule has 1 aromatic rings. The number of hydrogen-bond donors (Lipinski definition) is 1. The van der Waals surface area contributed by atoms with Crippen LogP contribution in [0.1, 0.15) is 34.6 Å². The normalized spacial score (nSPS) is 19.7. The van der Waals surface area contributed by atoms with Crippen LogP contribution in [0, 0.1) is 20.8 Å². The van der Waals surface area contributed by atoms with Gasteiger partial charge in [-0.2, -0.15) is 0 Å². The Hall–Kier alpha value is -0.540. The third kappa shape index (κ3) is 2.11. The molecule has 1 aliphatic heterocycles. The standard InChI is InChI=1S/C14H20BrNO/c1-8-9(2)14(17-4)13(15)10(3)12(8)11-5-6-16-7-11/h11,16H,5-7H2,1-4H3. The van der Waals surface area contributed by atoms with Gasteiger partial charge in [-0.3, -0.25) is 0 Å². The van der Waals surface area contributed by atoms with Gasteiger partial charge in [-0.15, -0.1) is 0 Å². The van der Waals surface area contributed by atoms with Gasteiger partial charge in [0.1, 0.15) is 5.75 Å². The van der Waals surface area contributed by atoms with Crippen molar-refractivity contribution in [3.05, 3.63) is 26.7 Å². The molecule has 1 fully saturated rings. The average Bonchev–Trinajstić information content (AvgIpc) is 2.81. The molecular formula is C14H20BrNO. The Labute approximate surface area is 112 Å². The van der Waals surface area contributed by atoms with E-state index in [4.69, 9.17) is 4.74 Å². The molecule has 1 atom stereocenters. The molecule has 17 heavy (non-hydrogen) atoms. The second-order valence-corrected chi connectivity index (χ2v) is 5.62. The molecule has 94 valence electrons. The third-order valence-corrected chi connectivity index (χ3v) is 4.87. The van der Waals surface area contributed by atoms with Gasteiger partial charge in [0.2, 0.25) is 0 Å². The van der Waals surface area contributed by atoms with Gasteiger partial charge in [0, 0.05) is 6.54 Å². The summed E-state index contributed by atoms with van der Waals surface area (Å²) in [6, 6.07) is 0. The molecule has 0 spiro atoms. The van der Waals surface area contributed by atoms with Crippen LogP contribution in [0.3, 0.4) is 0 Å². The van der Waals surface area contributed by atoms with Gasteiger partial charge in [-0.05, 0) is 77.8 Å². The van der Waals surface area contributed by atoms with Gasteiger partial charge in [0.15, 0.2) is 0 Å². The summed E-state index contributed by atoms with van der Waals surface area (Å²) in [5.41, 5.74) is 5.47. The van der Waals surface area contributed by atoms with E-state index in [1.54, 1.807) is 7.11 Å². The average molecular weight is 298 g/mol. The molecule has 0 aromatic heterocycles. The predicted octanol–water partition coefficient (Wildman–Crippen LogP) is 3.46. The zero-order valence-corrected chi connectivity index (χ0v) is 12.6. The zero-order valence-electron chi connectivity index (χ0n) is 11.0. The first kappa shape index (κ1) is 12.9. The second kappa shape index (κ2) is 4.99. The van der Waals surface area contributed by atoms with Crippen molar-refractivity contribution in [1.82, 2.24) is 5.32 Å². The molecule has 1 unspecified atom stereocenters.